The summed E-state index contributed by atoms with van der Waals surface area (Å²) < 4.78 is 27.3. The molecule has 2 N–H and O–H groups in total. The van der Waals surface area contributed by atoms with E-state index in [-0.39, 0.29) is 11.0 Å². The van der Waals surface area contributed by atoms with Crippen LogP contribution in [0.5, 0.6) is 0 Å². The van der Waals surface area contributed by atoms with Crippen LogP contribution in [0.25, 0.3) is 11.3 Å². The standard InChI is InChI=1S/C18H13F2N3O2S/c1-10(24)21-12-7-5-11(6-8-12)15-9-26-18(22-15)23-17(25)16-13(19)3-2-4-14(16)20/h2-9H,1H3,(H,21,24)(H,22,23,25). The van der Waals surface area contributed by atoms with Crippen LogP contribution in [0.3, 0.4) is 0 Å². The van der Waals surface area contributed by atoms with E-state index in [0.717, 1.165) is 29.0 Å². The first-order chi connectivity index (χ1) is 12.4. The van der Waals surface area contributed by atoms with Crippen molar-refractivity contribution in [1.29, 1.82) is 0 Å². The molecule has 3 rings (SSSR count). The number of carbonyl (C=O) groups excluding carboxylic acids is 2. The minimum absolute atomic E-state index is 0.170. The van der Waals surface area contributed by atoms with Crippen molar-refractivity contribution >= 4 is 34.0 Å². The normalized spacial score (nSPS) is 10.4. The minimum Gasteiger partial charge on any atom is -0.326 e. The summed E-state index contributed by atoms with van der Waals surface area (Å²) in [7, 11) is 0. The third kappa shape index (κ3) is 3.92. The van der Waals surface area contributed by atoms with Gasteiger partial charge in [0.2, 0.25) is 5.91 Å². The number of nitrogens with zero attached hydrogens (tertiary/aromatic N) is 1. The number of halogens is 2. The number of benzene rings is 2. The van der Waals surface area contributed by atoms with E-state index in [2.05, 4.69) is 15.6 Å². The van der Waals surface area contributed by atoms with Crippen molar-refractivity contribution in [1.82, 2.24) is 4.98 Å². The van der Waals surface area contributed by atoms with Crippen LogP contribution >= 0.6 is 11.3 Å². The Bertz CT molecular complexity index is 951. The fourth-order valence-electron chi connectivity index (χ4n) is 2.27. The van der Waals surface area contributed by atoms with Gasteiger partial charge in [-0.05, 0) is 24.3 Å². The first-order valence-corrected chi connectivity index (χ1v) is 8.41. The van der Waals surface area contributed by atoms with E-state index in [0.29, 0.717) is 11.4 Å². The SMILES string of the molecule is CC(=O)Nc1ccc(-c2csc(NC(=O)c3c(F)cccc3F)n2)cc1. The lowest BCUT2D eigenvalue weighted by Crippen LogP contribution is -2.15. The zero-order valence-corrected chi connectivity index (χ0v) is 14.4. The Labute approximate surface area is 151 Å². The van der Waals surface area contributed by atoms with E-state index in [1.54, 1.807) is 29.6 Å². The van der Waals surface area contributed by atoms with Crippen molar-refractivity contribution in [2.24, 2.45) is 0 Å². The first-order valence-electron chi connectivity index (χ1n) is 7.53. The molecular weight excluding hydrogens is 360 g/mol. The highest BCUT2D eigenvalue weighted by molar-refractivity contribution is 7.14. The molecule has 0 aliphatic carbocycles. The van der Waals surface area contributed by atoms with Crippen LogP contribution in [0.2, 0.25) is 0 Å². The second-order valence-electron chi connectivity index (χ2n) is 5.35. The fourth-order valence-corrected chi connectivity index (χ4v) is 2.98. The predicted octanol–water partition coefficient (Wildman–Crippen LogP) is 4.30. The number of carbonyl (C=O) groups is 2. The van der Waals surface area contributed by atoms with Crippen LogP contribution in [0, 0.1) is 11.6 Å². The molecule has 0 fully saturated rings. The molecule has 2 amide bonds. The third-order valence-corrected chi connectivity index (χ3v) is 4.17. The molecule has 0 saturated heterocycles. The number of hydrogen-bond donors (Lipinski definition) is 2. The summed E-state index contributed by atoms with van der Waals surface area (Å²) in [4.78, 5) is 27.4. The largest absolute Gasteiger partial charge is 0.326 e. The lowest BCUT2D eigenvalue weighted by molar-refractivity contribution is -0.114. The molecule has 5 nitrogen and oxygen atoms in total. The maximum atomic E-state index is 13.7. The maximum Gasteiger partial charge on any atom is 0.263 e. The van der Waals surface area contributed by atoms with E-state index < -0.39 is 23.1 Å². The maximum absolute atomic E-state index is 13.7. The Morgan fingerprint density at radius 2 is 1.65 bits per heavy atom. The summed E-state index contributed by atoms with van der Waals surface area (Å²) in [5.41, 5.74) is 1.37. The summed E-state index contributed by atoms with van der Waals surface area (Å²) in [6, 6.07) is 10.2. The quantitative estimate of drug-likeness (QED) is 0.716. The van der Waals surface area contributed by atoms with Gasteiger partial charge in [-0.1, -0.05) is 18.2 Å². The molecule has 8 heteroatoms. The Balaban J connectivity index is 1.76. The minimum atomic E-state index is -0.937. The molecule has 26 heavy (non-hydrogen) atoms. The number of nitrogens with one attached hydrogen (secondary N) is 2. The van der Waals surface area contributed by atoms with Crippen LogP contribution < -0.4 is 10.6 Å². The Kier molecular flexibility index (Phi) is 5.04. The van der Waals surface area contributed by atoms with Gasteiger partial charge in [-0.25, -0.2) is 13.8 Å². The Morgan fingerprint density at radius 3 is 2.27 bits per heavy atom. The van der Waals surface area contributed by atoms with Gasteiger partial charge in [-0.15, -0.1) is 11.3 Å². The van der Waals surface area contributed by atoms with E-state index in [1.165, 1.54) is 13.0 Å². The summed E-state index contributed by atoms with van der Waals surface area (Å²) in [6.45, 7) is 1.42. The molecule has 0 spiro atoms. The molecule has 0 saturated carbocycles. The average Bonchev–Trinajstić information content (AvgIpc) is 3.03. The molecule has 0 aliphatic heterocycles. The summed E-state index contributed by atoms with van der Waals surface area (Å²) >= 11 is 1.14. The molecule has 1 aromatic heterocycles. The van der Waals surface area contributed by atoms with Gasteiger partial charge in [-0.3, -0.25) is 14.9 Å². The number of anilines is 2. The Hall–Kier alpha value is -3.13. The molecule has 0 aliphatic rings. The molecule has 0 atom stereocenters. The molecule has 1 heterocycles. The summed E-state index contributed by atoms with van der Waals surface area (Å²) in [5.74, 6) is -2.94. The molecule has 132 valence electrons. The van der Waals surface area contributed by atoms with Gasteiger partial charge in [-0.2, -0.15) is 0 Å². The topological polar surface area (TPSA) is 71.1 Å². The van der Waals surface area contributed by atoms with Gasteiger partial charge in [0.05, 0.1) is 5.69 Å². The lowest BCUT2D eigenvalue weighted by atomic mass is 10.1. The van der Waals surface area contributed by atoms with Crippen molar-refractivity contribution in [3.05, 3.63) is 65.0 Å². The molecule has 2 aromatic carbocycles. The number of aromatic nitrogens is 1. The van der Waals surface area contributed by atoms with Gasteiger partial charge < -0.3 is 5.32 Å². The van der Waals surface area contributed by atoms with Crippen LogP contribution in [-0.2, 0) is 4.79 Å². The fraction of sp³-hybridized carbons (Fsp3) is 0.0556. The third-order valence-electron chi connectivity index (χ3n) is 3.42. The molecule has 3 aromatic rings. The number of thiazole rings is 1. The van der Waals surface area contributed by atoms with Crippen molar-refractivity contribution in [2.75, 3.05) is 10.6 Å². The monoisotopic (exact) mass is 373 g/mol. The highest BCUT2D eigenvalue weighted by Crippen LogP contribution is 2.26. The second-order valence-corrected chi connectivity index (χ2v) is 6.21. The average molecular weight is 373 g/mol. The second kappa shape index (κ2) is 7.40. The molecule has 0 bridgehead atoms. The van der Waals surface area contributed by atoms with Crippen molar-refractivity contribution in [2.45, 2.75) is 6.92 Å². The van der Waals surface area contributed by atoms with Gasteiger partial charge in [0, 0.05) is 23.6 Å². The highest BCUT2D eigenvalue weighted by Gasteiger charge is 2.18. The smallest absolute Gasteiger partial charge is 0.263 e. The van der Waals surface area contributed by atoms with E-state index in [4.69, 9.17) is 0 Å². The van der Waals surface area contributed by atoms with Crippen LogP contribution in [0.4, 0.5) is 19.6 Å². The van der Waals surface area contributed by atoms with Gasteiger partial charge in [0.25, 0.3) is 5.91 Å². The van der Waals surface area contributed by atoms with E-state index in [9.17, 15) is 18.4 Å². The molecule has 0 unspecified atom stereocenters. The summed E-state index contributed by atoms with van der Waals surface area (Å²) in [5, 5.41) is 6.99. The molecular formula is C18H13F2N3O2S. The van der Waals surface area contributed by atoms with Gasteiger partial charge >= 0.3 is 0 Å². The van der Waals surface area contributed by atoms with Gasteiger partial charge in [0.15, 0.2) is 5.13 Å². The summed E-state index contributed by atoms with van der Waals surface area (Å²) in [6.07, 6.45) is 0. The first kappa shape index (κ1) is 17.7. The van der Waals surface area contributed by atoms with Crippen molar-refractivity contribution < 1.29 is 18.4 Å². The number of amides is 2. The Morgan fingerprint density at radius 1 is 1.00 bits per heavy atom. The number of rotatable bonds is 4. The van der Waals surface area contributed by atoms with Crippen LogP contribution in [0.1, 0.15) is 17.3 Å². The lowest BCUT2D eigenvalue weighted by Gasteiger charge is -2.04. The zero-order chi connectivity index (χ0) is 18.7. The highest BCUT2D eigenvalue weighted by atomic mass is 32.1. The van der Waals surface area contributed by atoms with E-state index in [1.807, 2.05) is 0 Å². The van der Waals surface area contributed by atoms with Crippen molar-refractivity contribution in [3.63, 3.8) is 0 Å². The van der Waals surface area contributed by atoms with Crippen LogP contribution in [-0.4, -0.2) is 16.8 Å². The number of hydrogen-bond acceptors (Lipinski definition) is 4. The zero-order valence-electron chi connectivity index (χ0n) is 13.5. The van der Waals surface area contributed by atoms with E-state index >= 15 is 0 Å². The predicted molar refractivity (Wildman–Crippen MR) is 96.2 cm³/mol. The molecule has 0 radical (unpaired) electrons. The van der Waals surface area contributed by atoms with Gasteiger partial charge in [0.1, 0.15) is 17.2 Å². The van der Waals surface area contributed by atoms with Crippen molar-refractivity contribution in [3.8, 4) is 11.3 Å². The van der Waals surface area contributed by atoms with Crippen LogP contribution in [0.15, 0.2) is 47.8 Å².